The van der Waals surface area contributed by atoms with Crippen LogP contribution in [-0.2, 0) is 4.79 Å². The van der Waals surface area contributed by atoms with Crippen molar-refractivity contribution in [3.8, 4) is 11.4 Å². The number of para-hydroxylation sites is 3. The molecule has 0 radical (unpaired) electrons. The van der Waals surface area contributed by atoms with E-state index in [0.29, 0.717) is 27.5 Å². The maximum Gasteiger partial charge on any atom is 0.266 e. The molecule has 0 fully saturated rings. The summed E-state index contributed by atoms with van der Waals surface area (Å²) >= 11 is 1.16. The molecule has 33 heavy (non-hydrogen) atoms. The predicted octanol–water partition coefficient (Wildman–Crippen LogP) is 4.50. The van der Waals surface area contributed by atoms with Crippen molar-refractivity contribution in [2.24, 2.45) is 0 Å². The van der Waals surface area contributed by atoms with E-state index in [4.69, 9.17) is 4.74 Å². The minimum atomic E-state index is -0.329. The normalized spacial score (nSPS) is 11.8. The van der Waals surface area contributed by atoms with E-state index in [1.165, 1.54) is 23.8 Å². The van der Waals surface area contributed by atoms with Crippen LogP contribution in [0.25, 0.3) is 16.6 Å². The maximum atomic E-state index is 13.4. The first-order valence-electron chi connectivity index (χ1n) is 10.3. The summed E-state index contributed by atoms with van der Waals surface area (Å²) in [5.41, 5.74) is 1.65. The van der Waals surface area contributed by atoms with E-state index in [1.807, 2.05) is 25.1 Å². The van der Waals surface area contributed by atoms with Crippen LogP contribution in [0.5, 0.6) is 5.75 Å². The molecule has 1 N–H and O–H groups in total. The Morgan fingerprint density at radius 3 is 2.55 bits per heavy atom. The second kappa shape index (κ2) is 9.87. The van der Waals surface area contributed by atoms with Crippen molar-refractivity contribution in [1.82, 2.24) is 14.9 Å². The summed E-state index contributed by atoms with van der Waals surface area (Å²) in [4.78, 5) is 30.7. The van der Waals surface area contributed by atoms with E-state index in [9.17, 15) is 14.0 Å². The summed E-state index contributed by atoms with van der Waals surface area (Å²) in [5.74, 6) is 0.00843. The lowest BCUT2D eigenvalue weighted by Crippen LogP contribution is -2.29. The Labute approximate surface area is 194 Å². The number of benzene rings is 3. The minimum Gasteiger partial charge on any atom is -0.495 e. The van der Waals surface area contributed by atoms with Crippen LogP contribution in [0.2, 0.25) is 0 Å². The van der Waals surface area contributed by atoms with E-state index < -0.39 is 0 Å². The van der Waals surface area contributed by atoms with E-state index in [0.717, 1.165) is 17.3 Å². The van der Waals surface area contributed by atoms with Gasteiger partial charge >= 0.3 is 0 Å². The van der Waals surface area contributed by atoms with Crippen molar-refractivity contribution >= 4 is 28.6 Å². The lowest BCUT2D eigenvalue weighted by atomic mass is 10.1. The number of aromatic nitrogens is 2. The molecule has 1 atom stereocenters. The second-order valence-corrected chi connectivity index (χ2v) is 8.30. The molecular formula is C25H22FN3O3S. The van der Waals surface area contributed by atoms with Gasteiger partial charge in [0.05, 0.1) is 35.5 Å². The Morgan fingerprint density at radius 2 is 1.79 bits per heavy atom. The van der Waals surface area contributed by atoms with E-state index in [2.05, 4.69) is 10.3 Å². The van der Waals surface area contributed by atoms with Crippen molar-refractivity contribution in [3.63, 3.8) is 0 Å². The summed E-state index contributed by atoms with van der Waals surface area (Å²) in [6.45, 7) is 1.83. The Kier molecular flexibility index (Phi) is 6.74. The third-order valence-corrected chi connectivity index (χ3v) is 6.09. The number of ether oxygens (including phenoxy) is 1. The van der Waals surface area contributed by atoms with Crippen LogP contribution in [-0.4, -0.2) is 28.3 Å². The van der Waals surface area contributed by atoms with Gasteiger partial charge in [0, 0.05) is 0 Å². The summed E-state index contributed by atoms with van der Waals surface area (Å²) < 4.78 is 20.1. The number of nitrogens with one attached hydrogen (secondary N) is 1. The highest BCUT2D eigenvalue weighted by Crippen LogP contribution is 2.27. The highest BCUT2D eigenvalue weighted by molar-refractivity contribution is 7.99. The average Bonchev–Trinajstić information content (AvgIpc) is 2.83. The molecule has 3 aromatic carbocycles. The van der Waals surface area contributed by atoms with E-state index >= 15 is 0 Å². The van der Waals surface area contributed by atoms with Crippen LogP contribution in [0.4, 0.5) is 4.39 Å². The van der Waals surface area contributed by atoms with Gasteiger partial charge in [0.1, 0.15) is 11.6 Å². The highest BCUT2D eigenvalue weighted by Gasteiger charge is 2.18. The van der Waals surface area contributed by atoms with Crippen molar-refractivity contribution < 1.29 is 13.9 Å². The summed E-state index contributed by atoms with van der Waals surface area (Å²) in [6, 6.07) is 20.0. The third-order valence-electron chi connectivity index (χ3n) is 5.15. The molecular weight excluding hydrogens is 441 g/mol. The van der Waals surface area contributed by atoms with Crippen LogP contribution >= 0.6 is 11.8 Å². The maximum absolute atomic E-state index is 13.4. The molecule has 168 valence electrons. The van der Waals surface area contributed by atoms with Gasteiger partial charge in [-0.2, -0.15) is 0 Å². The molecule has 1 amide bonds. The summed E-state index contributed by atoms with van der Waals surface area (Å²) in [6.07, 6.45) is 0. The van der Waals surface area contributed by atoms with Crippen molar-refractivity contribution in [2.45, 2.75) is 18.1 Å². The number of fused-ring (bicyclic) bond motifs is 1. The quantitative estimate of drug-likeness (QED) is 0.323. The first-order chi connectivity index (χ1) is 16.0. The first kappa shape index (κ1) is 22.5. The first-order valence-corrected chi connectivity index (χ1v) is 11.3. The molecule has 1 aromatic heterocycles. The van der Waals surface area contributed by atoms with Crippen LogP contribution < -0.4 is 15.6 Å². The molecule has 0 saturated carbocycles. The van der Waals surface area contributed by atoms with Gasteiger partial charge in [-0.3, -0.25) is 14.2 Å². The molecule has 1 heterocycles. The topological polar surface area (TPSA) is 73.2 Å². The van der Waals surface area contributed by atoms with Crippen LogP contribution in [0, 0.1) is 5.82 Å². The second-order valence-electron chi connectivity index (χ2n) is 7.35. The summed E-state index contributed by atoms with van der Waals surface area (Å²) in [5, 5.41) is 3.75. The molecule has 0 bridgehead atoms. The lowest BCUT2D eigenvalue weighted by molar-refractivity contribution is -0.119. The lowest BCUT2D eigenvalue weighted by Gasteiger charge is -2.17. The third kappa shape index (κ3) is 4.90. The van der Waals surface area contributed by atoms with Crippen LogP contribution in [0.1, 0.15) is 18.5 Å². The Balaban J connectivity index is 1.63. The number of thioether (sulfide) groups is 1. The van der Waals surface area contributed by atoms with Gasteiger partial charge in [0.15, 0.2) is 5.16 Å². The molecule has 8 heteroatoms. The Morgan fingerprint density at radius 1 is 1.09 bits per heavy atom. The molecule has 4 aromatic rings. The molecule has 0 aliphatic carbocycles. The molecule has 0 aliphatic heterocycles. The van der Waals surface area contributed by atoms with Gasteiger partial charge < -0.3 is 10.1 Å². The van der Waals surface area contributed by atoms with Gasteiger partial charge in [-0.1, -0.05) is 48.2 Å². The predicted molar refractivity (Wildman–Crippen MR) is 128 cm³/mol. The number of carbonyl (C=O) groups excluding carboxylic acids is 1. The van der Waals surface area contributed by atoms with E-state index in [1.54, 1.807) is 42.5 Å². The zero-order valence-electron chi connectivity index (χ0n) is 18.1. The molecule has 0 saturated heterocycles. The largest absolute Gasteiger partial charge is 0.495 e. The molecule has 4 rings (SSSR count). The zero-order valence-corrected chi connectivity index (χ0v) is 18.9. The van der Waals surface area contributed by atoms with Crippen molar-refractivity contribution in [1.29, 1.82) is 0 Å². The number of rotatable bonds is 7. The minimum absolute atomic E-state index is 0.0471. The number of carbonyl (C=O) groups is 1. The van der Waals surface area contributed by atoms with Crippen LogP contribution in [0.3, 0.4) is 0 Å². The SMILES string of the molecule is COc1ccccc1-n1c(SCC(=O)NC(C)c2ccc(F)cc2)nc2ccccc2c1=O. The number of halogens is 1. The zero-order chi connectivity index (χ0) is 23.4. The number of methoxy groups -OCH3 is 1. The molecule has 6 nitrogen and oxygen atoms in total. The monoisotopic (exact) mass is 463 g/mol. The number of hydrogen-bond donors (Lipinski definition) is 1. The fourth-order valence-corrected chi connectivity index (χ4v) is 4.30. The molecule has 0 spiro atoms. The van der Waals surface area contributed by atoms with E-state index in [-0.39, 0.29) is 29.1 Å². The van der Waals surface area contributed by atoms with Gasteiger partial charge in [-0.15, -0.1) is 0 Å². The van der Waals surface area contributed by atoms with Crippen molar-refractivity contribution in [2.75, 3.05) is 12.9 Å². The number of hydrogen-bond acceptors (Lipinski definition) is 5. The standard InChI is InChI=1S/C25H22FN3O3S/c1-16(17-11-13-18(26)14-12-17)27-23(30)15-33-25-28-20-8-4-3-7-19(20)24(31)29(25)21-9-5-6-10-22(21)32-2/h3-14,16H,15H2,1-2H3,(H,27,30). The average molecular weight is 464 g/mol. The van der Waals surface area contributed by atoms with Gasteiger partial charge in [0.25, 0.3) is 5.56 Å². The smallest absolute Gasteiger partial charge is 0.266 e. The van der Waals surface area contributed by atoms with Gasteiger partial charge in [0.2, 0.25) is 5.91 Å². The number of nitrogens with zero attached hydrogens (tertiary/aromatic N) is 2. The molecule has 1 unspecified atom stereocenters. The summed E-state index contributed by atoms with van der Waals surface area (Å²) in [7, 11) is 1.54. The van der Waals surface area contributed by atoms with Gasteiger partial charge in [-0.25, -0.2) is 9.37 Å². The fraction of sp³-hybridized carbons (Fsp3) is 0.160. The Hall–Kier alpha value is -3.65. The number of amides is 1. The van der Waals surface area contributed by atoms with Crippen molar-refractivity contribution in [3.05, 3.63) is 94.5 Å². The highest BCUT2D eigenvalue weighted by atomic mass is 32.2. The Bertz CT molecular complexity index is 1360. The van der Waals surface area contributed by atoms with Gasteiger partial charge in [-0.05, 0) is 48.9 Å². The van der Waals surface area contributed by atoms with Crippen LogP contribution in [0.15, 0.2) is 82.7 Å². The fourth-order valence-electron chi connectivity index (χ4n) is 3.48. The molecule has 0 aliphatic rings.